The predicted octanol–water partition coefficient (Wildman–Crippen LogP) is 5.45. The number of carbonyl (C=O) groups is 1. The number of hydrogen-bond acceptors (Lipinski definition) is 7. The molecule has 0 aliphatic carbocycles. The number of rotatable bonds is 10. The minimum atomic E-state index is -2.83. The van der Waals surface area contributed by atoms with Gasteiger partial charge in [0.15, 0.2) is 13.9 Å². The molecule has 236 valence electrons. The first kappa shape index (κ1) is 31.9. The van der Waals surface area contributed by atoms with Gasteiger partial charge < -0.3 is 24.3 Å². The quantitative estimate of drug-likeness (QED) is 0.165. The molecule has 1 amide bonds. The number of halogens is 1. The minimum Gasteiger partial charge on any atom is -0.497 e. The van der Waals surface area contributed by atoms with E-state index in [4.69, 9.17) is 9.47 Å². The lowest BCUT2D eigenvalue weighted by Crippen LogP contribution is -2.46. The highest BCUT2D eigenvalue weighted by molar-refractivity contribution is 14.1. The van der Waals surface area contributed by atoms with Crippen molar-refractivity contribution in [3.63, 3.8) is 0 Å². The van der Waals surface area contributed by atoms with Gasteiger partial charge >= 0.3 is 0 Å². The third kappa shape index (κ3) is 5.84. The number of benzene rings is 3. The summed E-state index contributed by atoms with van der Waals surface area (Å²) in [4.78, 5) is 28.1. The Labute approximate surface area is 278 Å². The van der Waals surface area contributed by atoms with Gasteiger partial charge in [0.05, 0.1) is 43.7 Å². The van der Waals surface area contributed by atoms with Crippen LogP contribution in [0.3, 0.4) is 0 Å². The number of methoxy groups -OCH3 is 1. The predicted molar refractivity (Wildman–Crippen MR) is 183 cm³/mol. The van der Waals surface area contributed by atoms with Crippen LogP contribution in [-0.4, -0.2) is 58.9 Å². The number of aromatic nitrogens is 3. The molecule has 2 aliphatic rings. The van der Waals surface area contributed by atoms with Crippen LogP contribution >= 0.6 is 22.6 Å². The number of fused-ring (bicyclic) bond motifs is 2. The van der Waals surface area contributed by atoms with Crippen molar-refractivity contribution in [2.45, 2.75) is 62.7 Å². The van der Waals surface area contributed by atoms with E-state index in [1.807, 2.05) is 104 Å². The third-order valence-electron chi connectivity index (χ3n) is 9.39. The van der Waals surface area contributed by atoms with Crippen molar-refractivity contribution < 1.29 is 24.2 Å². The molecule has 11 heteroatoms. The topological polar surface area (TPSA) is 110 Å². The second-order valence-corrected chi connectivity index (χ2v) is 17.8. The van der Waals surface area contributed by atoms with Crippen LogP contribution in [0.5, 0.6) is 5.75 Å². The van der Waals surface area contributed by atoms with E-state index in [2.05, 4.69) is 32.9 Å². The number of nitrogens with zero attached hydrogens (tertiary/aromatic N) is 4. The third-order valence-corrected chi connectivity index (χ3v) is 12.6. The molecule has 1 aromatic heterocycles. The molecule has 3 aromatic carbocycles. The zero-order valence-electron chi connectivity index (χ0n) is 25.9. The Morgan fingerprint density at radius 2 is 1.84 bits per heavy atom. The Hall–Kier alpha value is -3.10. The Morgan fingerprint density at radius 1 is 1.11 bits per heavy atom. The van der Waals surface area contributed by atoms with E-state index in [9.17, 15) is 14.7 Å². The maximum Gasteiger partial charge on any atom is 0.264 e. The molecule has 1 saturated heterocycles. The number of aliphatic hydroxyl groups excluding tert-OH is 1. The molecule has 6 rings (SSSR count). The van der Waals surface area contributed by atoms with E-state index in [0.717, 1.165) is 25.9 Å². The summed E-state index contributed by atoms with van der Waals surface area (Å²) in [7, 11) is -1.21. The molecule has 45 heavy (non-hydrogen) atoms. The van der Waals surface area contributed by atoms with Gasteiger partial charge in [0, 0.05) is 33.3 Å². The molecule has 1 unspecified atom stereocenters. The number of ether oxygens (including phenoxy) is 2. The normalized spacial score (nSPS) is 23.5. The van der Waals surface area contributed by atoms with Crippen molar-refractivity contribution >= 4 is 42.5 Å². The molecule has 2 aliphatic heterocycles. The van der Waals surface area contributed by atoms with Gasteiger partial charge in [-0.1, -0.05) is 54.6 Å². The van der Waals surface area contributed by atoms with Crippen LogP contribution < -0.4 is 9.64 Å². The second kappa shape index (κ2) is 12.6. The van der Waals surface area contributed by atoms with Gasteiger partial charge in [0.1, 0.15) is 5.75 Å². The van der Waals surface area contributed by atoms with Gasteiger partial charge in [-0.25, -0.2) is 0 Å². The van der Waals surface area contributed by atoms with Gasteiger partial charge in [-0.2, -0.15) is 0 Å². The van der Waals surface area contributed by atoms with Gasteiger partial charge in [0.2, 0.25) is 0 Å². The van der Waals surface area contributed by atoms with Crippen LogP contribution in [0.2, 0.25) is 18.6 Å². The molecule has 9 nitrogen and oxygen atoms in total. The number of amides is 1. The first-order chi connectivity index (χ1) is 21.6. The Balaban J connectivity index is 1.31. The average molecular weight is 739 g/mol. The fraction of sp³-hybridized carbons (Fsp3) is 0.382. The largest absolute Gasteiger partial charge is 0.497 e. The van der Waals surface area contributed by atoms with Crippen LogP contribution in [0.1, 0.15) is 41.6 Å². The summed E-state index contributed by atoms with van der Waals surface area (Å²) in [6.45, 7) is 6.72. The van der Waals surface area contributed by atoms with Crippen LogP contribution in [-0.2, 0) is 28.2 Å². The van der Waals surface area contributed by atoms with E-state index in [-0.39, 0.29) is 36.0 Å². The van der Waals surface area contributed by atoms with E-state index in [0.29, 0.717) is 31.0 Å². The average Bonchev–Trinajstić information content (AvgIpc) is 3.68. The highest BCUT2D eigenvalue weighted by Crippen LogP contribution is 2.60. The number of anilines is 1. The SMILES string of the molecule is COc1ccc2c(c1)[C@@]1(O[C@H](CCn3cc(C(CO)c4ccccc4)nn3)[C@@H]([Si](C)(C)O)[C@@H]1C)C(=O)N2Cc1ccc(I)cc1. The molecular formula is C34H39IN4O5Si. The van der Waals surface area contributed by atoms with E-state index in [1.54, 1.807) is 11.8 Å². The molecule has 0 bridgehead atoms. The molecule has 0 saturated carbocycles. The number of aliphatic hydroxyl groups is 1. The second-order valence-electron chi connectivity index (χ2n) is 12.6. The molecule has 1 fully saturated rings. The summed E-state index contributed by atoms with van der Waals surface area (Å²) < 4.78 is 15.5. The number of hydrogen-bond donors (Lipinski definition) is 2. The maximum atomic E-state index is 14.6. The molecule has 2 N–H and O–H groups in total. The fourth-order valence-corrected chi connectivity index (χ4v) is 10.2. The van der Waals surface area contributed by atoms with Crippen molar-refractivity contribution in [2.75, 3.05) is 18.6 Å². The number of carbonyl (C=O) groups excluding carboxylic acids is 1. The van der Waals surface area contributed by atoms with Gasteiger partial charge in [0.25, 0.3) is 5.91 Å². The van der Waals surface area contributed by atoms with Crippen molar-refractivity contribution in [1.82, 2.24) is 15.0 Å². The minimum absolute atomic E-state index is 0.0788. The summed E-state index contributed by atoms with van der Waals surface area (Å²) in [5.74, 6) is -0.0128. The van der Waals surface area contributed by atoms with Crippen molar-refractivity contribution in [2.24, 2.45) is 5.92 Å². The van der Waals surface area contributed by atoms with Gasteiger partial charge in [-0.15, -0.1) is 5.10 Å². The summed E-state index contributed by atoms with van der Waals surface area (Å²) in [6.07, 6.45) is 2.01. The Morgan fingerprint density at radius 3 is 2.51 bits per heavy atom. The molecule has 5 atom stereocenters. The van der Waals surface area contributed by atoms with E-state index in [1.165, 1.54) is 0 Å². The summed E-state index contributed by atoms with van der Waals surface area (Å²) in [5.41, 5.74) is 2.81. The van der Waals surface area contributed by atoms with Crippen LogP contribution in [0.15, 0.2) is 79.0 Å². The highest BCUT2D eigenvalue weighted by atomic mass is 127. The standard InChI is InChI=1S/C34H39IN4O5Si/c1-22-32(45(3,4)42)31(16-17-38-20-29(36-37-38)27(21-40)24-8-6-5-7-9-24)44-34(22)28-18-26(43-2)14-15-30(28)39(33(34)41)19-23-10-12-25(35)13-11-23/h5-15,18,20,22,27,31-32,40,42H,16-17,19,21H2,1-4H3/t22-,27?,31+,32-,34+/m0/s1. The fourth-order valence-electron chi connectivity index (χ4n) is 7.28. The molecule has 0 radical (unpaired) electrons. The maximum absolute atomic E-state index is 14.6. The number of aryl methyl sites for hydroxylation is 1. The molecule has 1 spiro atoms. The van der Waals surface area contributed by atoms with Gasteiger partial charge in [-0.05, 0) is 83.6 Å². The molecule has 4 aromatic rings. The van der Waals surface area contributed by atoms with Crippen LogP contribution in [0.25, 0.3) is 0 Å². The Kier molecular flexibility index (Phi) is 8.92. The van der Waals surface area contributed by atoms with Crippen molar-refractivity contribution in [3.05, 3.63) is 105 Å². The Bertz CT molecular complexity index is 1660. The first-order valence-electron chi connectivity index (χ1n) is 15.3. The smallest absolute Gasteiger partial charge is 0.264 e. The monoisotopic (exact) mass is 738 g/mol. The van der Waals surface area contributed by atoms with E-state index >= 15 is 0 Å². The zero-order valence-corrected chi connectivity index (χ0v) is 29.1. The summed E-state index contributed by atoms with van der Waals surface area (Å²) in [6, 6.07) is 23.7. The first-order valence-corrected chi connectivity index (χ1v) is 19.4. The summed E-state index contributed by atoms with van der Waals surface area (Å²) in [5, 5.41) is 18.9. The lowest BCUT2D eigenvalue weighted by Gasteiger charge is -2.32. The lowest BCUT2D eigenvalue weighted by atomic mass is 9.82. The van der Waals surface area contributed by atoms with Gasteiger partial charge in [-0.3, -0.25) is 9.48 Å². The van der Waals surface area contributed by atoms with Crippen LogP contribution in [0, 0.1) is 9.49 Å². The zero-order chi connectivity index (χ0) is 31.9. The molecular weight excluding hydrogens is 699 g/mol. The van der Waals surface area contributed by atoms with E-state index < -0.39 is 13.9 Å². The van der Waals surface area contributed by atoms with Crippen LogP contribution in [0.4, 0.5) is 5.69 Å². The van der Waals surface area contributed by atoms with Crippen molar-refractivity contribution in [3.8, 4) is 5.75 Å². The molecule has 3 heterocycles. The van der Waals surface area contributed by atoms with Crippen molar-refractivity contribution in [1.29, 1.82) is 0 Å². The highest BCUT2D eigenvalue weighted by Gasteiger charge is 2.66. The summed E-state index contributed by atoms with van der Waals surface area (Å²) >= 11 is 2.28. The lowest BCUT2D eigenvalue weighted by molar-refractivity contribution is -0.146.